The molecular weight excluding hydrogens is 251 g/mol. The maximum Gasteiger partial charge on any atom is 0.119 e. The Morgan fingerprint density at radius 2 is 2.00 bits per heavy atom. The van der Waals surface area contributed by atoms with Crippen molar-refractivity contribution in [3.63, 3.8) is 0 Å². The second-order valence-corrected chi connectivity index (χ2v) is 5.63. The van der Waals surface area contributed by atoms with Crippen LogP contribution in [0.3, 0.4) is 0 Å². The molecule has 1 aromatic carbocycles. The zero-order valence-electron chi connectivity index (χ0n) is 10.4. The van der Waals surface area contributed by atoms with E-state index in [-0.39, 0.29) is 6.42 Å². The Morgan fingerprint density at radius 3 is 2.44 bits per heavy atom. The average Bonchev–Trinajstić information content (AvgIpc) is 2.30. The van der Waals surface area contributed by atoms with Crippen LogP contribution in [0.1, 0.15) is 31.0 Å². The van der Waals surface area contributed by atoms with Crippen molar-refractivity contribution in [3.8, 4) is 5.75 Å². The van der Waals surface area contributed by atoms with E-state index in [1.54, 1.807) is 30.3 Å². The smallest absolute Gasteiger partial charge is 0.119 e. The summed E-state index contributed by atoms with van der Waals surface area (Å²) in [5.41, 5.74) is -0.486. The van der Waals surface area contributed by atoms with Crippen molar-refractivity contribution < 1.29 is 19.1 Å². The van der Waals surface area contributed by atoms with Crippen LogP contribution in [-0.4, -0.2) is 6.61 Å². The summed E-state index contributed by atoms with van der Waals surface area (Å²) >= 11 is 0. The second kappa shape index (κ2) is 6.74. The second-order valence-electron chi connectivity index (χ2n) is 3.92. The first-order valence-electron chi connectivity index (χ1n) is 5.84. The highest BCUT2D eigenvalue weighted by Crippen LogP contribution is 2.47. The van der Waals surface area contributed by atoms with Crippen molar-refractivity contribution in [1.29, 1.82) is 0 Å². The van der Waals surface area contributed by atoms with Gasteiger partial charge >= 0.3 is 0 Å². The van der Waals surface area contributed by atoms with Gasteiger partial charge in [0.2, 0.25) is 0 Å². The van der Waals surface area contributed by atoms with E-state index in [0.29, 0.717) is 24.3 Å². The number of hydrogen-bond donors (Lipinski definition) is 0. The van der Waals surface area contributed by atoms with Gasteiger partial charge in [-0.2, -0.15) is 0 Å². The molecule has 1 rings (SSSR count). The molecule has 0 amide bonds. The lowest BCUT2D eigenvalue weighted by atomic mass is 10.1. The van der Waals surface area contributed by atoms with Crippen LogP contribution in [0, 0.1) is 0 Å². The van der Waals surface area contributed by atoms with Gasteiger partial charge in [-0.3, -0.25) is 0 Å². The van der Waals surface area contributed by atoms with Crippen LogP contribution in [0.15, 0.2) is 36.9 Å². The zero-order chi connectivity index (χ0) is 13.6. The molecule has 100 valence electrons. The molecule has 0 fully saturated rings. The molecule has 18 heavy (non-hydrogen) atoms. The molecule has 1 unspecified atom stereocenters. The Morgan fingerprint density at radius 1 is 1.39 bits per heavy atom. The van der Waals surface area contributed by atoms with Gasteiger partial charge in [0, 0.05) is 5.66 Å². The minimum Gasteiger partial charge on any atom is -0.810 e. The van der Waals surface area contributed by atoms with Crippen LogP contribution in [0.5, 0.6) is 5.75 Å². The predicted octanol–water partition coefficient (Wildman–Crippen LogP) is 2.01. The Kier molecular flexibility index (Phi) is 5.60. The third kappa shape index (κ3) is 4.30. The molecule has 0 N–H and O–H groups in total. The molecule has 0 saturated heterocycles. The van der Waals surface area contributed by atoms with Gasteiger partial charge in [0.1, 0.15) is 5.75 Å². The molecule has 1 atom stereocenters. The zero-order valence-corrected chi connectivity index (χ0v) is 11.3. The minimum absolute atomic E-state index is 0.266. The quantitative estimate of drug-likeness (QED) is 0.560. The van der Waals surface area contributed by atoms with Crippen LogP contribution in [0.2, 0.25) is 0 Å². The van der Waals surface area contributed by atoms with Crippen LogP contribution in [0.4, 0.5) is 0 Å². The maximum absolute atomic E-state index is 11.3. The van der Waals surface area contributed by atoms with Gasteiger partial charge in [-0.05, 0) is 37.5 Å². The summed E-state index contributed by atoms with van der Waals surface area (Å²) in [6.45, 7) is 5.94. The molecule has 5 heteroatoms. The standard InChI is InChI=1S/C13H19O4P/c1-3-5-6-13(18(14,15)16)11-7-9-12(10-8-11)17-4-2/h3,7-10,13H,1,4-6H2,2H3,(H2,14,15,16)/p-2. The number of ether oxygens (including phenoxy) is 1. The number of allylic oxidation sites excluding steroid dienone is 1. The highest BCUT2D eigenvalue weighted by molar-refractivity contribution is 7.49. The Bertz CT molecular complexity index is 421. The van der Waals surface area contributed by atoms with E-state index in [4.69, 9.17) is 4.74 Å². The molecule has 1 aromatic rings. The van der Waals surface area contributed by atoms with E-state index in [1.807, 2.05) is 6.92 Å². The van der Waals surface area contributed by atoms with Crippen molar-refractivity contribution in [3.05, 3.63) is 42.5 Å². The summed E-state index contributed by atoms with van der Waals surface area (Å²) < 4.78 is 16.5. The lowest BCUT2D eigenvalue weighted by Gasteiger charge is -2.38. The third-order valence-electron chi connectivity index (χ3n) is 2.60. The maximum atomic E-state index is 11.3. The third-order valence-corrected chi connectivity index (χ3v) is 3.92. The number of benzene rings is 1. The lowest BCUT2D eigenvalue weighted by molar-refractivity contribution is -0.317. The SMILES string of the molecule is C=CCCC(c1ccc(OCC)cc1)P(=O)([O-])[O-]. The van der Waals surface area contributed by atoms with Crippen LogP contribution in [-0.2, 0) is 4.57 Å². The summed E-state index contributed by atoms with van der Waals surface area (Å²) in [6, 6.07) is 6.60. The molecule has 0 aliphatic carbocycles. The molecule has 0 radical (unpaired) electrons. The average molecular weight is 268 g/mol. The first-order chi connectivity index (χ1) is 8.49. The van der Waals surface area contributed by atoms with E-state index < -0.39 is 13.3 Å². The highest BCUT2D eigenvalue weighted by Gasteiger charge is 2.14. The largest absolute Gasteiger partial charge is 0.810 e. The van der Waals surface area contributed by atoms with Gasteiger partial charge in [0.05, 0.1) is 6.61 Å². The van der Waals surface area contributed by atoms with Crippen molar-refractivity contribution in [2.75, 3.05) is 6.61 Å². The van der Waals surface area contributed by atoms with Crippen molar-refractivity contribution >= 4 is 7.60 Å². The summed E-state index contributed by atoms with van der Waals surface area (Å²) in [5, 5.41) is 0. The van der Waals surface area contributed by atoms with E-state index in [1.165, 1.54) is 0 Å². The predicted molar refractivity (Wildman–Crippen MR) is 67.4 cm³/mol. The summed E-state index contributed by atoms with van der Waals surface area (Å²) in [7, 11) is -4.65. The fraction of sp³-hybridized carbons (Fsp3) is 0.385. The van der Waals surface area contributed by atoms with Crippen LogP contribution in [0.25, 0.3) is 0 Å². The molecule has 0 aromatic heterocycles. The van der Waals surface area contributed by atoms with E-state index >= 15 is 0 Å². The van der Waals surface area contributed by atoms with Crippen molar-refractivity contribution in [2.24, 2.45) is 0 Å². The molecule has 0 aliphatic heterocycles. The topological polar surface area (TPSA) is 72.4 Å². The molecule has 0 aliphatic rings. The summed E-state index contributed by atoms with van der Waals surface area (Å²) in [6.07, 6.45) is 2.37. The van der Waals surface area contributed by atoms with E-state index in [9.17, 15) is 14.4 Å². The van der Waals surface area contributed by atoms with Gasteiger partial charge in [-0.1, -0.05) is 25.8 Å². The van der Waals surface area contributed by atoms with Crippen molar-refractivity contribution in [1.82, 2.24) is 0 Å². The van der Waals surface area contributed by atoms with Crippen LogP contribution >= 0.6 is 7.60 Å². The Labute approximate surface area is 107 Å². The molecule has 4 nitrogen and oxygen atoms in total. The van der Waals surface area contributed by atoms with Gasteiger partial charge in [0.25, 0.3) is 0 Å². The molecular formula is C13H17O4P-2. The Balaban J connectivity index is 2.91. The van der Waals surface area contributed by atoms with E-state index in [0.717, 1.165) is 0 Å². The van der Waals surface area contributed by atoms with Gasteiger partial charge in [0.15, 0.2) is 0 Å². The number of rotatable bonds is 7. The van der Waals surface area contributed by atoms with Gasteiger partial charge in [-0.15, -0.1) is 6.58 Å². The van der Waals surface area contributed by atoms with Crippen LogP contribution < -0.4 is 14.5 Å². The normalized spacial score (nSPS) is 13.1. The monoisotopic (exact) mass is 268 g/mol. The Hall–Kier alpha value is -1.09. The summed E-state index contributed by atoms with van der Waals surface area (Å²) in [5.74, 6) is 0.662. The van der Waals surface area contributed by atoms with Gasteiger partial charge < -0.3 is 19.1 Å². The lowest BCUT2D eigenvalue weighted by Crippen LogP contribution is -2.20. The first-order valence-corrected chi connectivity index (χ1v) is 7.45. The fourth-order valence-corrected chi connectivity index (χ4v) is 2.74. The molecule has 0 spiro atoms. The minimum atomic E-state index is -4.65. The highest BCUT2D eigenvalue weighted by atomic mass is 31.2. The van der Waals surface area contributed by atoms with Gasteiger partial charge in [-0.25, -0.2) is 0 Å². The van der Waals surface area contributed by atoms with Crippen molar-refractivity contribution in [2.45, 2.75) is 25.4 Å². The fourth-order valence-electron chi connectivity index (χ4n) is 1.74. The molecule has 0 bridgehead atoms. The first kappa shape index (κ1) is 15.0. The molecule has 0 heterocycles. The van der Waals surface area contributed by atoms with E-state index in [2.05, 4.69) is 6.58 Å². The number of hydrogen-bond acceptors (Lipinski definition) is 4. The molecule has 0 saturated carbocycles. The summed E-state index contributed by atoms with van der Waals surface area (Å²) in [4.78, 5) is 22.5.